The number of rotatable bonds is 6. The zero-order chi connectivity index (χ0) is 18.0. The van der Waals surface area contributed by atoms with E-state index in [0.717, 1.165) is 32.1 Å². The first-order valence-corrected chi connectivity index (χ1v) is 8.96. The summed E-state index contributed by atoms with van der Waals surface area (Å²) in [5.74, 6) is -0.969. The van der Waals surface area contributed by atoms with E-state index in [-0.39, 0.29) is 30.0 Å². The van der Waals surface area contributed by atoms with Crippen LogP contribution in [0.4, 0.5) is 5.82 Å². The van der Waals surface area contributed by atoms with Gasteiger partial charge in [0.15, 0.2) is 5.69 Å². The molecule has 0 spiro atoms. The number of carbonyl (C=O) groups is 3. The highest BCUT2D eigenvalue weighted by atomic mass is 16.2. The molecular formula is C17H25N5O3. The van der Waals surface area contributed by atoms with Crippen LogP contribution in [-0.2, 0) is 16.1 Å². The van der Waals surface area contributed by atoms with Gasteiger partial charge in [-0.3, -0.25) is 14.4 Å². The molecule has 1 aromatic heterocycles. The Morgan fingerprint density at radius 2 is 2.08 bits per heavy atom. The third-order valence-corrected chi connectivity index (χ3v) is 5.07. The molecule has 2 aliphatic rings. The maximum absolute atomic E-state index is 12.7. The van der Waals surface area contributed by atoms with Gasteiger partial charge in [-0.15, -0.1) is 0 Å². The number of aromatic nitrogens is 2. The third kappa shape index (κ3) is 3.52. The lowest BCUT2D eigenvalue weighted by Gasteiger charge is -2.23. The molecule has 8 nitrogen and oxygen atoms in total. The summed E-state index contributed by atoms with van der Waals surface area (Å²) in [6, 6.07) is 0.275. The highest BCUT2D eigenvalue weighted by Crippen LogP contribution is 2.30. The van der Waals surface area contributed by atoms with Crippen molar-refractivity contribution in [2.45, 2.75) is 58.0 Å². The molecule has 25 heavy (non-hydrogen) atoms. The standard InChI is InChI=1S/C17H25N5O3/c1-2-7-21-10-19-14(15(18)24)16(21)20-17(25)11-8-13(23)22(9-11)12-5-3-4-6-12/h10-12H,2-9H2,1H3,(H2,18,24)(H,20,25). The molecule has 1 saturated heterocycles. The molecule has 0 aromatic carbocycles. The average molecular weight is 347 g/mol. The maximum atomic E-state index is 12.7. The second kappa shape index (κ2) is 7.25. The largest absolute Gasteiger partial charge is 0.364 e. The second-order valence-corrected chi connectivity index (χ2v) is 6.87. The van der Waals surface area contributed by atoms with E-state index in [1.807, 2.05) is 11.8 Å². The first-order valence-electron chi connectivity index (χ1n) is 8.96. The zero-order valence-electron chi connectivity index (χ0n) is 14.5. The molecule has 1 saturated carbocycles. The van der Waals surface area contributed by atoms with Crippen LogP contribution in [0.15, 0.2) is 6.33 Å². The van der Waals surface area contributed by atoms with Crippen LogP contribution < -0.4 is 11.1 Å². The van der Waals surface area contributed by atoms with Crippen molar-refractivity contribution < 1.29 is 14.4 Å². The van der Waals surface area contributed by atoms with Crippen LogP contribution in [0, 0.1) is 5.92 Å². The number of likely N-dealkylation sites (tertiary alicyclic amines) is 1. The molecule has 136 valence electrons. The van der Waals surface area contributed by atoms with Gasteiger partial charge in [0.25, 0.3) is 5.91 Å². The normalized spacial score (nSPS) is 21.1. The first-order chi connectivity index (χ1) is 12.0. The fourth-order valence-corrected chi connectivity index (χ4v) is 3.80. The molecule has 1 aliphatic carbocycles. The molecule has 0 radical (unpaired) electrons. The Balaban J connectivity index is 1.71. The van der Waals surface area contributed by atoms with Gasteiger partial charge in [0.1, 0.15) is 5.82 Å². The van der Waals surface area contributed by atoms with Gasteiger partial charge in [0, 0.05) is 25.6 Å². The van der Waals surface area contributed by atoms with Crippen molar-refractivity contribution in [2.75, 3.05) is 11.9 Å². The lowest BCUT2D eigenvalue weighted by atomic mass is 10.1. The number of nitrogens with two attached hydrogens (primary N) is 1. The minimum atomic E-state index is -0.680. The fraction of sp³-hybridized carbons (Fsp3) is 0.647. The number of amides is 3. The zero-order valence-corrected chi connectivity index (χ0v) is 14.5. The number of hydrogen-bond donors (Lipinski definition) is 2. The molecule has 1 aliphatic heterocycles. The van der Waals surface area contributed by atoms with Crippen molar-refractivity contribution in [3.63, 3.8) is 0 Å². The van der Waals surface area contributed by atoms with E-state index >= 15 is 0 Å². The average Bonchev–Trinajstić information content (AvgIpc) is 3.28. The summed E-state index contributed by atoms with van der Waals surface area (Å²) in [6.45, 7) is 3.06. The molecule has 2 heterocycles. The van der Waals surface area contributed by atoms with Gasteiger partial charge in [-0.25, -0.2) is 4.98 Å². The fourth-order valence-electron chi connectivity index (χ4n) is 3.80. The van der Waals surface area contributed by atoms with Gasteiger partial charge in [-0.1, -0.05) is 19.8 Å². The van der Waals surface area contributed by atoms with E-state index in [0.29, 0.717) is 18.9 Å². The topological polar surface area (TPSA) is 110 Å². The van der Waals surface area contributed by atoms with Crippen LogP contribution in [0.2, 0.25) is 0 Å². The number of nitrogens with one attached hydrogen (secondary N) is 1. The van der Waals surface area contributed by atoms with E-state index in [1.165, 1.54) is 6.33 Å². The van der Waals surface area contributed by atoms with Gasteiger partial charge in [0.05, 0.1) is 12.2 Å². The number of primary amides is 1. The lowest BCUT2D eigenvalue weighted by Crippen LogP contribution is -2.35. The highest BCUT2D eigenvalue weighted by molar-refractivity contribution is 6.02. The number of hydrogen-bond acceptors (Lipinski definition) is 4. The number of anilines is 1. The molecule has 0 bridgehead atoms. The van der Waals surface area contributed by atoms with E-state index in [9.17, 15) is 14.4 Å². The van der Waals surface area contributed by atoms with Crippen molar-refractivity contribution >= 4 is 23.5 Å². The van der Waals surface area contributed by atoms with Gasteiger partial charge in [-0.05, 0) is 19.3 Å². The molecule has 8 heteroatoms. The SMILES string of the molecule is CCCn1cnc(C(N)=O)c1NC(=O)C1CC(=O)N(C2CCCC2)C1. The smallest absolute Gasteiger partial charge is 0.271 e. The predicted molar refractivity (Wildman–Crippen MR) is 91.7 cm³/mol. The first kappa shape index (κ1) is 17.4. The molecule has 1 aromatic rings. The highest BCUT2D eigenvalue weighted by Gasteiger charge is 2.39. The molecular weight excluding hydrogens is 322 g/mol. The van der Waals surface area contributed by atoms with Crippen LogP contribution in [0.5, 0.6) is 0 Å². The quantitative estimate of drug-likeness (QED) is 0.803. The van der Waals surface area contributed by atoms with Gasteiger partial charge >= 0.3 is 0 Å². The Labute approximate surface area is 146 Å². The van der Waals surface area contributed by atoms with Crippen LogP contribution in [0.3, 0.4) is 0 Å². The summed E-state index contributed by atoms with van der Waals surface area (Å²) < 4.78 is 1.71. The monoisotopic (exact) mass is 347 g/mol. The van der Waals surface area contributed by atoms with E-state index in [2.05, 4.69) is 10.3 Å². The molecule has 1 atom stereocenters. The van der Waals surface area contributed by atoms with Crippen molar-refractivity contribution in [2.24, 2.45) is 11.7 Å². The number of aryl methyl sites for hydroxylation is 1. The summed E-state index contributed by atoms with van der Waals surface area (Å²) in [4.78, 5) is 42.4. The number of nitrogens with zero attached hydrogens (tertiary/aromatic N) is 3. The van der Waals surface area contributed by atoms with E-state index in [1.54, 1.807) is 4.57 Å². The molecule has 3 amide bonds. The van der Waals surface area contributed by atoms with Crippen molar-refractivity contribution in [1.82, 2.24) is 14.5 Å². The third-order valence-electron chi connectivity index (χ3n) is 5.07. The summed E-state index contributed by atoms with van der Waals surface area (Å²) >= 11 is 0. The lowest BCUT2D eigenvalue weighted by molar-refractivity contribution is -0.129. The van der Waals surface area contributed by atoms with E-state index in [4.69, 9.17) is 5.73 Å². The van der Waals surface area contributed by atoms with Gasteiger partial charge in [0.2, 0.25) is 11.8 Å². The Morgan fingerprint density at radius 3 is 2.72 bits per heavy atom. The van der Waals surface area contributed by atoms with Crippen LogP contribution in [0.25, 0.3) is 0 Å². The molecule has 2 fully saturated rings. The molecule has 3 rings (SSSR count). The van der Waals surface area contributed by atoms with Crippen molar-refractivity contribution in [1.29, 1.82) is 0 Å². The number of carbonyl (C=O) groups excluding carboxylic acids is 3. The summed E-state index contributed by atoms with van der Waals surface area (Å²) in [7, 11) is 0. The summed E-state index contributed by atoms with van der Waals surface area (Å²) in [5, 5.41) is 2.78. The Hall–Kier alpha value is -2.38. The van der Waals surface area contributed by atoms with Crippen molar-refractivity contribution in [3.8, 4) is 0 Å². The molecule has 1 unspecified atom stereocenters. The minimum Gasteiger partial charge on any atom is -0.364 e. The Morgan fingerprint density at radius 1 is 1.36 bits per heavy atom. The van der Waals surface area contributed by atoms with Crippen LogP contribution in [-0.4, -0.2) is 44.8 Å². The van der Waals surface area contributed by atoms with Gasteiger partial charge in [-0.2, -0.15) is 0 Å². The second-order valence-electron chi connectivity index (χ2n) is 6.87. The maximum Gasteiger partial charge on any atom is 0.271 e. The predicted octanol–water partition coefficient (Wildman–Crippen LogP) is 1.12. The van der Waals surface area contributed by atoms with Crippen LogP contribution >= 0.6 is 0 Å². The molecule has 3 N–H and O–H groups in total. The summed E-state index contributed by atoms with van der Waals surface area (Å²) in [5.41, 5.74) is 5.41. The summed E-state index contributed by atoms with van der Waals surface area (Å²) in [6.07, 6.45) is 6.88. The van der Waals surface area contributed by atoms with Crippen molar-refractivity contribution in [3.05, 3.63) is 12.0 Å². The van der Waals surface area contributed by atoms with E-state index < -0.39 is 11.8 Å². The van der Waals surface area contributed by atoms with Gasteiger partial charge < -0.3 is 20.5 Å². The Kier molecular flexibility index (Phi) is 5.06. The minimum absolute atomic E-state index is 0.0456. The number of imidazole rings is 1. The van der Waals surface area contributed by atoms with Crippen LogP contribution in [0.1, 0.15) is 55.9 Å². The Bertz CT molecular complexity index is 678.